The van der Waals surface area contributed by atoms with Crippen molar-refractivity contribution in [1.82, 2.24) is 5.32 Å². The SMILES string of the molecule is Cc1ccc(CNC(=O)C(C)OC(=O)COc2ccc(Cl)c(C)c2)cc1. The Balaban J connectivity index is 1.75. The van der Waals surface area contributed by atoms with Crippen LogP contribution in [-0.2, 0) is 20.9 Å². The Labute approximate surface area is 158 Å². The van der Waals surface area contributed by atoms with E-state index in [9.17, 15) is 9.59 Å². The summed E-state index contributed by atoms with van der Waals surface area (Å²) in [5.41, 5.74) is 2.98. The molecule has 0 saturated carbocycles. The first-order valence-corrected chi connectivity index (χ1v) is 8.64. The quantitative estimate of drug-likeness (QED) is 0.751. The van der Waals surface area contributed by atoms with Crippen molar-refractivity contribution in [1.29, 1.82) is 0 Å². The summed E-state index contributed by atoms with van der Waals surface area (Å²) in [7, 11) is 0. The fraction of sp³-hybridized carbons (Fsp3) is 0.300. The Morgan fingerprint density at radius 2 is 1.81 bits per heavy atom. The summed E-state index contributed by atoms with van der Waals surface area (Å²) in [5.74, 6) is -0.461. The van der Waals surface area contributed by atoms with Crippen molar-refractivity contribution in [2.45, 2.75) is 33.4 Å². The van der Waals surface area contributed by atoms with Gasteiger partial charge in [-0.25, -0.2) is 4.79 Å². The van der Waals surface area contributed by atoms with E-state index in [4.69, 9.17) is 21.1 Å². The molecular weight excluding hydrogens is 354 g/mol. The number of hydrogen-bond acceptors (Lipinski definition) is 4. The second-order valence-electron chi connectivity index (χ2n) is 6.04. The summed E-state index contributed by atoms with van der Waals surface area (Å²) in [6, 6.07) is 12.9. The molecule has 1 atom stereocenters. The summed E-state index contributed by atoms with van der Waals surface area (Å²) < 4.78 is 10.5. The summed E-state index contributed by atoms with van der Waals surface area (Å²) in [5, 5.41) is 3.36. The molecule has 0 aliphatic carbocycles. The number of rotatable bonds is 7. The number of esters is 1. The van der Waals surface area contributed by atoms with E-state index in [2.05, 4.69) is 5.32 Å². The van der Waals surface area contributed by atoms with Gasteiger partial charge in [0.15, 0.2) is 12.7 Å². The fourth-order valence-corrected chi connectivity index (χ4v) is 2.29. The van der Waals surface area contributed by atoms with Crippen LogP contribution in [0.5, 0.6) is 5.75 Å². The van der Waals surface area contributed by atoms with Crippen LogP contribution >= 0.6 is 11.6 Å². The highest BCUT2D eigenvalue weighted by Crippen LogP contribution is 2.20. The maximum absolute atomic E-state index is 12.0. The van der Waals surface area contributed by atoms with Crippen molar-refractivity contribution < 1.29 is 19.1 Å². The first kappa shape index (κ1) is 19.8. The molecule has 0 bridgehead atoms. The Morgan fingerprint density at radius 3 is 2.46 bits per heavy atom. The van der Waals surface area contributed by atoms with Gasteiger partial charge in [-0.05, 0) is 50.1 Å². The van der Waals surface area contributed by atoms with Crippen molar-refractivity contribution in [3.05, 3.63) is 64.2 Å². The van der Waals surface area contributed by atoms with Crippen molar-refractivity contribution >= 4 is 23.5 Å². The average Bonchev–Trinajstić information content (AvgIpc) is 2.62. The highest BCUT2D eigenvalue weighted by Gasteiger charge is 2.18. The van der Waals surface area contributed by atoms with Gasteiger partial charge in [0.2, 0.25) is 0 Å². The summed E-state index contributed by atoms with van der Waals surface area (Å²) >= 11 is 5.94. The van der Waals surface area contributed by atoms with Crippen LogP contribution in [0.3, 0.4) is 0 Å². The van der Waals surface area contributed by atoms with E-state index in [0.29, 0.717) is 17.3 Å². The third-order valence-electron chi connectivity index (χ3n) is 3.75. The molecule has 0 saturated heterocycles. The zero-order chi connectivity index (χ0) is 19.1. The zero-order valence-electron chi connectivity index (χ0n) is 15.0. The Bertz CT molecular complexity index is 774. The van der Waals surface area contributed by atoms with Gasteiger partial charge in [-0.3, -0.25) is 4.79 Å². The molecule has 1 N–H and O–H groups in total. The Morgan fingerprint density at radius 1 is 1.12 bits per heavy atom. The van der Waals surface area contributed by atoms with E-state index in [0.717, 1.165) is 16.7 Å². The number of benzene rings is 2. The van der Waals surface area contributed by atoms with E-state index >= 15 is 0 Å². The van der Waals surface area contributed by atoms with Gasteiger partial charge in [0.25, 0.3) is 5.91 Å². The molecule has 0 aliphatic heterocycles. The number of aryl methyl sites for hydroxylation is 2. The molecule has 0 spiro atoms. The lowest BCUT2D eigenvalue weighted by Crippen LogP contribution is -2.36. The van der Waals surface area contributed by atoms with Crippen LogP contribution in [-0.4, -0.2) is 24.6 Å². The van der Waals surface area contributed by atoms with E-state index in [1.165, 1.54) is 6.92 Å². The minimum atomic E-state index is -0.900. The number of carbonyl (C=O) groups excluding carboxylic acids is 2. The molecule has 0 aliphatic rings. The van der Waals surface area contributed by atoms with Crippen LogP contribution in [0.25, 0.3) is 0 Å². The molecule has 138 valence electrons. The molecule has 2 aromatic carbocycles. The predicted octanol–water partition coefficient (Wildman–Crippen LogP) is 3.58. The van der Waals surface area contributed by atoms with Crippen molar-refractivity contribution in [3.63, 3.8) is 0 Å². The molecule has 2 rings (SSSR count). The van der Waals surface area contributed by atoms with Gasteiger partial charge in [0, 0.05) is 11.6 Å². The molecule has 2 aromatic rings. The largest absolute Gasteiger partial charge is 0.482 e. The topological polar surface area (TPSA) is 64.6 Å². The monoisotopic (exact) mass is 375 g/mol. The van der Waals surface area contributed by atoms with Crippen molar-refractivity contribution in [2.24, 2.45) is 0 Å². The normalized spacial score (nSPS) is 11.5. The molecule has 1 unspecified atom stereocenters. The lowest BCUT2D eigenvalue weighted by atomic mass is 10.1. The van der Waals surface area contributed by atoms with Crippen LogP contribution in [0.4, 0.5) is 0 Å². The highest BCUT2D eigenvalue weighted by molar-refractivity contribution is 6.31. The van der Waals surface area contributed by atoms with Gasteiger partial charge < -0.3 is 14.8 Å². The van der Waals surface area contributed by atoms with E-state index in [1.807, 2.05) is 38.1 Å². The van der Waals surface area contributed by atoms with Gasteiger partial charge in [-0.1, -0.05) is 41.4 Å². The Kier molecular flexibility index (Phi) is 7.04. The first-order chi connectivity index (χ1) is 12.3. The summed E-state index contributed by atoms with van der Waals surface area (Å²) in [6.07, 6.45) is -0.900. The maximum atomic E-state index is 12.0. The number of ether oxygens (including phenoxy) is 2. The van der Waals surface area contributed by atoms with Crippen molar-refractivity contribution in [3.8, 4) is 5.75 Å². The molecule has 26 heavy (non-hydrogen) atoms. The number of nitrogens with one attached hydrogen (secondary N) is 1. The second-order valence-corrected chi connectivity index (χ2v) is 6.44. The summed E-state index contributed by atoms with van der Waals surface area (Å²) in [6.45, 7) is 5.46. The van der Waals surface area contributed by atoms with Gasteiger partial charge in [0.05, 0.1) is 0 Å². The lowest BCUT2D eigenvalue weighted by molar-refractivity contribution is -0.156. The van der Waals surface area contributed by atoms with Gasteiger partial charge >= 0.3 is 5.97 Å². The standard InChI is InChI=1S/C20H22ClNO4/c1-13-4-6-16(7-5-13)11-22-20(24)15(3)26-19(23)12-25-17-8-9-18(21)14(2)10-17/h4-10,15H,11-12H2,1-3H3,(H,22,24). The molecule has 1 amide bonds. The van der Waals surface area contributed by atoms with Crippen LogP contribution in [0.1, 0.15) is 23.6 Å². The second kappa shape index (κ2) is 9.25. The predicted molar refractivity (Wildman–Crippen MR) is 100 cm³/mol. The van der Waals surface area contributed by atoms with Crippen LogP contribution in [0.2, 0.25) is 5.02 Å². The average molecular weight is 376 g/mol. The van der Waals surface area contributed by atoms with Crippen LogP contribution in [0, 0.1) is 13.8 Å². The molecule has 0 aromatic heterocycles. The van der Waals surface area contributed by atoms with E-state index < -0.39 is 12.1 Å². The zero-order valence-corrected chi connectivity index (χ0v) is 15.8. The number of amides is 1. The van der Waals surface area contributed by atoms with Gasteiger partial charge in [0.1, 0.15) is 5.75 Å². The fourth-order valence-electron chi connectivity index (χ4n) is 2.17. The number of carbonyl (C=O) groups is 2. The highest BCUT2D eigenvalue weighted by atomic mass is 35.5. The van der Waals surface area contributed by atoms with E-state index in [1.54, 1.807) is 18.2 Å². The third kappa shape index (κ3) is 6.08. The first-order valence-electron chi connectivity index (χ1n) is 8.27. The smallest absolute Gasteiger partial charge is 0.344 e. The van der Waals surface area contributed by atoms with E-state index in [-0.39, 0.29) is 12.5 Å². The van der Waals surface area contributed by atoms with Crippen LogP contribution < -0.4 is 10.1 Å². The molecule has 0 heterocycles. The minimum Gasteiger partial charge on any atom is -0.482 e. The molecular formula is C20H22ClNO4. The van der Waals surface area contributed by atoms with Gasteiger partial charge in [-0.2, -0.15) is 0 Å². The van der Waals surface area contributed by atoms with Crippen LogP contribution in [0.15, 0.2) is 42.5 Å². The number of halogens is 1. The van der Waals surface area contributed by atoms with Crippen molar-refractivity contribution in [2.75, 3.05) is 6.61 Å². The Hall–Kier alpha value is -2.53. The maximum Gasteiger partial charge on any atom is 0.344 e. The third-order valence-corrected chi connectivity index (χ3v) is 4.17. The van der Waals surface area contributed by atoms with Gasteiger partial charge in [-0.15, -0.1) is 0 Å². The lowest BCUT2D eigenvalue weighted by Gasteiger charge is -2.14. The molecule has 0 fully saturated rings. The number of hydrogen-bond donors (Lipinski definition) is 1. The molecule has 5 nitrogen and oxygen atoms in total. The molecule has 6 heteroatoms. The minimum absolute atomic E-state index is 0.281. The molecule has 0 radical (unpaired) electrons. The summed E-state index contributed by atoms with van der Waals surface area (Å²) in [4.78, 5) is 23.9.